The number of ether oxygens (including phenoxy) is 3. The number of carbonyl (C=O) groups excluding carboxylic acids is 2. The third kappa shape index (κ3) is 3.85. The molecular weight excluding hydrogens is 408 g/mol. The molecule has 1 heterocycles. The molecule has 0 aromatic heterocycles. The van der Waals surface area contributed by atoms with Crippen LogP contribution in [0.15, 0.2) is 78.9 Å². The zero-order valence-electron chi connectivity index (χ0n) is 17.9. The average Bonchev–Trinajstić information content (AvgIpc) is 3.10. The van der Waals surface area contributed by atoms with Gasteiger partial charge in [0.15, 0.2) is 5.54 Å². The van der Waals surface area contributed by atoms with Crippen molar-refractivity contribution in [3.8, 4) is 17.2 Å². The standard InChI is InChI=1S/C25H24N2O5/c1-30-20-12-8-18(9-13-20)25(19-10-14-21(31-2)15-11-19)23(28)27(24(29)26-25)16-17-32-22-6-4-3-5-7-22/h3-15H,16-17H2,1-2H3,(H,26,29). The summed E-state index contributed by atoms with van der Waals surface area (Å²) in [4.78, 5) is 27.8. The predicted molar refractivity (Wildman–Crippen MR) is 119 cm³/mol. The molecule has 1 aliphatic rings. The fourth-order valence-corrected chi connectivity index (χ4v) is 3.79. The van der Waals surface area contributed by atoms with Gasteiger partial charge in [0, 0.05) is 0 Å². The van der Waals surface area contributed by atoms with Crippen LogP contribution in [0.4, 0.5) is 4.79 Å². The molecule has 3 aromatic carbocycles. The number of benzene rings is 3. The Morgan fingerprint density at radius 1 is 0.750 bits per heavy atom. The van der Waals surface area contributed by atoms with Gasteiger partial charge in [-0.3, -0.25) is 9.69 Å². The summed E-state index contributed by atoms with van der Waals surface area (Å²) in [5.74, 6) is 1.62. The summed E-state index contributed by atoms with van der Waals surface area (Å²) in [7, 11) is 3.15. The van der Waals surface area contributed by atoms with E-state index >= 15 is 0 Å². The van der Waals surface area contributed by atoms with Crippen LogP contribution in [-0.4, -0.2) is 44.2 Å². The van der Waals surface area contributed by atoms with Gasteiger partial charge < -0.3 is 19.5 Å². The molecule has 164 valence electrons. The van der Waals surface area contributed by atoms with Crippen molar-refractivity contribution in [1.29, 1.82) is 0 Å². The Kier molecular flexibility index (Phi) is 5.98. The van der Waals surface area contributed by atoms with Gasteiger partial charge >= 0.3 is 6.03 Å². The van der Waals surface area contributed by atoms with Gasteiger partial charge in [-0.1, -0.05) is 42.5 Å². The summed E-state index contributed by atoms with van der Waals surface area (Å²) in [6.07, 6.45) is 0. The van der Waals surface area contributed by atoms with E-state index < -0.39 is 11.6 Å². The van der Waals surface area contributed by atoms with Crippen molar-refractivity contribution in [2.24, 2.45) is 0 Å². The lowest BCUT2D eigenvalue weighted by atomic mass is 9.82. The van der Waals surface area contributed by atoms with Crippen molar-refractivity contribution in [3.05, 3.63) is 90.0 Å². The molecule has 3 amide bonds. The number of nitrogens with zero attached hydrogens (tertiary/aromatic N) is 1. The van der Waals surface area contributed by atoms with Crippen LogP contribution in [0.1, 0.15) is 11.1 Å². The minimum Gasteiger partial charge on any atom is -0.497 e. The SMILES string of the molecule is COc1ccc(C2(c3ccc(OC)cc3)NC(=O)N(CCOc3ccccc3)C2=O)cc1. The minimum absolute atomic E-state index is 0.119. The number of hydrogen-bond donors (Lipinski definition) is 1. The number of nitrogens with one attached hydrogen (secondary N) is 1. The number of para-hydroxylation sites is 1. The van der Waals surface area contributed by atoms with Gasteiger partial charge in [0.1, 0.15) is 23.9 Å². The molecule has 4 rings (SSSR count). The summed E-state index contributed by atoms with van der Waals surface area (Å²) >= 11 is 0. The Labute approximate surface area is 186 Å². The molecule has 1 N–H and O–H groups in total. The van der Waals surface area contributed by atoms with Crippen molar-refractivity contribution in [2.75, 3.05) is 27.4 Å². The van der Waals surface area contributed by atoms with E-state index in [9.17, 15) is 9.59 Å². The summed E-state index contributed by atoms with van der Waals surface area (Å²) < 4.78 is 16.2. The van der Waals surface area contributed by atoms with E-state index in [0.717, 1.165) is 0 Å². The second-order valence-corrected chi connectivity index (χ2v) is 7.26. The van der Waals surface area contributed by atoms with Crippen LogP contribution in [0.25, 0.3) is 0 Å². The van der Waals surface area contributed by atoms with Gasteiger partial charge in [-0.15, -0.1) is 0 Å². The average molecular weight is 432 g/mol. The largest absolute Gasteiger partial charge is 0.497 e. The van der Waals surface area contributed by atoms with E-state index in [1.807, 2.05) is 30.3 Å². The van der Waals surface area contributed by atoms with Crippen LogP contribution in [0, 0.1) is 0 Å². The van der Waals surface area contributed by atoms with E-state index in [-0.39, 0.29) is 19.1 Å². The van der Waals surface area contributed by atoms with Crippen LogP contribution in [0.3, 0.4) is 0 Å². The number of methoxy groups -OCH3 is 2. The molecule has 7 heteroatoms. The third-order valence-corrected chi connectivity index (χ3v) is 5.48. The number of rotatable bonds is 8. The van der Waals surface area contributed by atoms with Gasteiger partial charge in [-0.25, -0.2) is 4.79 Å². The fourth-order valence-electron chi connectivity index (χ4n) is 3.79. The maximum Gasteiger partial charge on any atom is 0.325 e. The molecular formula is C25H24N2O5. The summed E-state index contributed by atoms with van der Waals surface area (Å²) in [6, 6.07) is 23.0. The van der Waals surface area contributed by atoms with Crippen LogP contribution in [-0.2, 0) is 10.3 Å². The highest BCUT2D eigenvalue weighted by molar-refractivity contribution is 6.09. The molecule has 0 spiro atoms. The smallest absolute Gasteiger partial charge is 0.325 e. The molecule has 0 bridgehead atoms. The first-order chi connectivity index (χ1) is 15.6. The molecule has 0 unspecified atom stereocenters. The van der Waals surface area contributed by atoms with E-state index in [1.165, 1.54) is 4.90 Å². The normalized spacial score (nSPS) is 14.8. The molecule has 7 nitrogen and oxygen atoms in total. The molecule has 0 radical (unpaired) electrons. The lowest BCUT2D eigenvalue weighted by molar-refractivity contribution is -0.130. The van der Waals surface area contributed by atoms with Gasteiger partial charge in [0.25, 0.3) is 5.91 Å². The summed E-state index contributed by atoms with van der Waals surface area (Å²) in [6.45, 7) is 0.304. The molecule has 0 saturated carbocycles. The van der Waals surface area contributed by atoms with Crippen LogP contribution in [0.2, 0.25) is 0 Å². The maximum atomic E-state index is 13.7. The second-order valence-electron chi connectivity index (χ2n) is 7.26. The number of urea groups is 1. The molecule has 1 aliphatic heterocycles. The van der Waals surface area contributed by atoms with Gasteiger partial charge in [0.2, 0.25) is 0 Å². The summed E-state index contributed by atoms with van der Waals surface area (Å²) in [5.41, 5.74) is -0.0934. The van der Waals surface area contributed by atoms with Crippen molar-refractivity contribution in [1.82, 2.24) is 10.2 Å². The van der Waals surface area contributed by atoms with E-state index in [4.69, 9.17) is 14.2 Å². The molecule has 0 atom stereocenters. The zero-order chi connectivity index (χ0) is 22.6. The van der Waals surface area contributed by atoms with E-state index in [2.05, 4.69) is 5.32 Å². The van der Waals surface area contributed by atoms with Crippen molar-refractivity contribution < 1.29 is 23.8 Å². The van der Waals surface area contributed by atoms with Crippen molar-refractivity contribution >= 4 is 11.9 Å². The zero-order valence-corrected chi connectivity index (χ0v) is 17.9. The Morgan fingerprint density at radius 2 is 1.28 bits per heavy atom. The topological polar surface area (TPSA) is 77.1 Å². The molecule has 0 aliphatic carbocycles. The number of amides is 3. The Balaban J connectivity index is 1.65. The molecule has 32 heavy (non-hydrogen) atoms. The van der Waals surface area contributed by atoms with E-state index in [0.29, 0.717) is 28.4 Å². The van der Waals surface area contributed by atoms with Gasteiger partial charge in [-0.2, -0.15) is 0 Å². The van der Waals surface area contributed by atoms with Crippen LogP contribution in [0.5, 0.6) is 17.2 Å². The Bertz CT molecular complexity index is 1030. The van der Waals surface area contributed by atoms with Crippen molar-refractivity contribution in [3.63, 3.8) is 0 Å². The minimum atomic E-state index is -1.36. The Morgan fingerprint density at radius 3 is 1.78 bits per heavy atom. The van der Waals surface area contributed by atoms with Gasteiger partial charge in [-0.05, 0) is 47.5 Å². The molecule has 1 fully saturated rings. The fraction of sp³-hybridized carbons (Fsp3) is 0.200. The lowest BCUT2D eigenvalue weighted by Crippen LogP contribution is -2.45. The number of hydrogen-bond acceptors (Lipinski definition) is 5. The maximum absolute atomic E-state index is 13.7. The number of carbonyl (C=O) groups is 2. The quantitative estimate of drug-likeness (QED) is 0.551. The highest BCUT2D eigenvalue weighted by Gasteiger charge is 2.53. The highest BCUT2D eigenvalue weighted by atomic mass is 16.5. The predicted octanol–water partition coefficient (Wildman–Crippen LogP) is 3.58. The second kappa shape index (κ2) is 9.01. The first-order valence-electron chi connectivity index (χ1n) is 10.2. The highest BCUT2D eigenvalue weighted by Crippen LogP contribution is 2.37. The molecule has 1 saturated heterocycles. The lowest BCUT2D eigenvalue weighted by Gasteiger charge is -2.28. The number of imide groups is 1. The van der Waals surface area contributed by atoms with E-state index in [1.54, 1.807) is 62.8 Å². The van der Waals surface area contributed by atoms with Crippen LogP contribution < -0.4 is 19.5 Å². The Hall–Kier alpha value is -4.00. The first-order valence-corrected chi connectivity index (χ1v) is 10.2. The van der Waals surface area contributed by atoms with Gasteiger partial charge in [0.05, 0.1) is 20.8 Å². The molecule has 3 aromatic rings. The monoisotopic (exact) mass is 432 g/mol. The third-order valence-electron chi connectivity index (χ3n) is 5.48. The summed E-state index contributed by atoms with van der Waals surface area (Å²) in [5, 5.41) is 2.92. The van der Waals surface area contributed by atoms with Crippen LogP contribution >= 0.6 is 0 Å². The first kappa shape index (κ1) is 21.2. The van der Waals surface area contributed by atoms with Crippen molar-refractivity contribution in [2.45, 2.75) is 5.54 Å².